The van der Waals surface area contributed by atoms with Crippen LogP contribution in [0.5, 0.6) is 0 Å². The van der Waals surface area contributed by atoms with Crippen molar-refractivity contribution >= 4 is 31.4 Å². The van der Waals surface area contributed by atoms with E-state index >= 15 is 0 Å². The summed E-state index contributed by atoms with van der Waals surface area (Å²) in [5, 5.41) is 22.6. The Balaban J connectivity index is 3.47. The molecule has 38 heavy (non-hydrogen) atoms. The van der Waals surface area contributed by atoms with Crippen LogP contribution in [-0.2, 0) is 18.4 Å². The first kappa shape index (κ1) is 33.1. The van der Waals surface area contributed by atoms with Gasteiger partial charge in [-0.05, 0) is 69.7 Å². The number of Topliss-reactive ketones (excluding diaryl/α,β-unsaturated/α-hetero) is 1. The lowest BCUT2D eigenvalue weighted by Crippen LogP contribution is -2.36. The lowest BCUT2D eigenvalue weighted by Gasteiger charge is -2.27. The van der Waals surface area contributed by atoms with E-state index in [4.69, 9.17) is 9.05 Å². The van der Waals surface area contributed by atoms with Crippen LogP contribution < -0.4 is 5.32 Å². The molecule has 0 saturated carbocycles. The average Bonchev–Trinajstić information content (AvgIpc) is 2.87. The van der Waals surface area contributed by atoms with E-state index in [0.717, 1.165) is 16.0 Å². The third kappa shape index (κ3) is 10.1. The summed E-state index contributed by atoms with van der Waals surface area (Å²) in [4.78, 5) is 25.3. The molecular formula is C26H35FN3O6PS. The predicted molar refractivity (Wildman–Crippen MR) is 147 cm³/mol. The van der Waals surface area contributed by atoms with Crippen LogP contribution in [0.4, 0.5) is 9.18 Å². The lowest BCUT2D eigenvalue weighted by molar-refractivity contribution is -0.115. The second-order valence-corrected chi connectivity index (χ2v) is 11.0. The number of halogens is 1. The summed E-state index contributed by atoms with van der Waals surface area (Å²) in [5.74, 6) is -1.16. The molecule has 0 fully saturated rings. The standard InChI is InChI=1S/C26H35FN3O6PS/c1-6-11-23(31)21(7-2)25(32)24(16-27)38-30(18-37(34,35-8-3)36-9-4)26(33)29-22-15-14-20(17-28)13-10-12-19(22)5/h7,13-16,32H,2,6,8-12,18H2,1,3-5H3,(H,29,33)/b15-14-,20-13?,22-19-,24-16-,25-21-. The average molecular weight is 568 g/mol. The maximum atomic E-state index is 14.0. The van der Waals surface area contributed by atoms with Gasteiger partial charge in [0.1, 0.15) is 18.4 Å². The smallest absolute Gasteiger partial charge is 0.350 e. The Kier molecular flexibility index (Phi) is 14.7. The zero-order chi connectivity index (χ0) is 28.7. The minimum absolute atomic E-state index is 0.0246. The van der Waals surface area contributed by atoms with Gasteiger partial charge in [0, 0.05) is 17.7 Å². The van der Waals surface area contributed by atoms with Crippen molar-refractivity contribution in [3.8, 4) is 6.07 Å². The van der Waals surface area contributed by atoms with Gasteiger partial charge in [-0.3, -0.25) is 13.7 Å². The van der Waals surface area contributed by atoms with Gasteiger partial charge in [-0.2, -0.15) is 5.26 Å². The summed E-state index contributed by atoms with van der Waals surface area (Å²) < 4.78 is 38.8. The number of nitrogens with zero attached hydrogens (tertiary/aromatic N) is 2. The van der Waals surface area contributed by atoms with E-state index in [1.165, 1.54) is 0 Å². The van der Waals surface area contributed by atoms with Crippen molar-refractivity contribution in [1.29, 1.82) is 5.26 Å². The van der Waals surface area contributed by atoms with Gasteiger partial charge in [0.25, 0.3) is 0 Å². The zero-order valence-corrected chi connectivity index (χ0v) is 23.9. The minimum Gasteiger partial charge on any atom is -0.506 e. The first-order chi connectivity index (χ1) is 18.1. The number of amides is 2. The number of rotatable bonds is 14. The molecule has 0 spiro atoms. The topological polar surface area (TPSA) is 129 Å². The summed E-state index contributed by atoms with van der Waals surface area (Å²) in [6.07, 6.45) is 7.21. The van der Waals surface area contributed by atoms with E-state index in [-0.39, 0.29) is 31.5 Å². The van der Waals surface area contributed by atoms with Crippen LogP contribution in [0.3, 0.4) is 0 Å². The molecule has 0 aromatic heterocycles. The molecule has 0 aromatic rings. The third-order valence-electron chi connectivity index (χ3n) is 5.10. The number of aliphatic hydroxyl groups excluding tert-OH is 1. The van der Waals surface area contributed by atoms with Crippen LogP contribution in [-0.4, -0.2) is 40.7 Å². The van der Waals surface area contributed by atoms with Gasteiger partial charge in [0.05, 0.1) is 29.8 Å². The van der Waals surface area contributed by atoms with Gasteiger partial charge in [-0.15, -0.1) is 0 Å². The number of nitriles is 1. The fourth-order valence-electron chi connectivity index (χ4n) is 3.25. The maximum Gasteiger partial charge on any atom is 0.350 e. The monoisotopic (exact) mass is 567 g/mol. The summed E-state index contributed by atoms with van der Waals surface area (Å²) in [6.45, 7) is 10.4. The molecule has 2 N–H and O–H groups in total. The van der Waals surface area contributed by atoms with Crippen LogP contribution in [0.15, 0.2) is 70.3 Å². The molecule has 2 amide bonds. The van der Waals surface area contributed by atoms with Crippen molar-refractivity contribution in [2.75, 3.05) is 19.5 Å². The van der Waals surface area contributed by atoms with Gasteiger partial charge in [0.15, 0.2) is 5.78 Å². The van der Waals surface area contributed by atoms with Gasteiger partial charge in [0.2, 0.25) is 0 Å². The third-order valence-corrected chi connectivity index (χ3v) is 8.22. The van der Waals surface area contributed by atoms with Crippen LogP contribution in [0.1, 0.15) is 53.4 Å². The molecule has 0 radical (unpaired) electrons. The fourth-order valence-corrected chi connectivity index (χ4v) is 5.97. The van der Waals surface area contributed by atoms with E-state index in [1.807, 2.05) is 6.92 Å². The molecule has 0 aliphatic heterocycles. The van der Waals surface area contributed by atoms with Crippen LogP contribution >= 0.6 is 19.5 Å². The number of aliphatic hydroxyl groups is 1. The molecule has 208 valence electrons. The molecular weight excluding hydrogens is 532 g/mol. The van der Waals surface area contributed by atoms with E-state index in [2.05, 4.69) is 18.0 Å². The highest BCUT2D eigenvalue weighted by atomic mass is 32.2. The van der Waals surface area contributed by atoms with Crippen molar-refractivity contribution in [2.45, 2.75) is 53.4 Å². The molecule has 0 bridgehead atoms. The summed E-state index contributed by atoms with van der Waals surface area (Å²) >= 11 is 0.425. The molecule has 9 nitrogen and oxygen atoms in total. The van der Waals surface area contributed by atoms with Gasteiger partial charge in [-0.25, -0.2) is 9.18 Å². The summed E-state index contributed by atoms with van der Waals surface area (Å²) in [7, 11) is -3.86. The zero-order valence-electron chi connectivity index (χ0n) is 22.2. The number of nitrogens with one attached hydrogen (secondary N) is 1. The van der Waals surface area contributed by atoms with E-state index < -0.39 is 36.4 Å². The molecule has 0 unspecified atom stereocenters. The normalized spacial score (nSPS) is 17.8. The highest BCUT2D eigenvalue weighted by molar-refractivity contribution is 8.01. The molecule has 1 aliphatic carbocycles. The maximum absolute atomic E-state index is 14.0. The minimum atomic E-state index is -3.86. The number of urea groups is 1. The quantitative estimate of drug-likeness (QED) is 0.0746. The Morgan fingerprint density at radius 2 is 1.97 bits per heavy atom. The number of hydrogen-bond donors (Lipinski definition) is 2. The summed E-state index contributed by atoms with van der Waals surface area (Å²) in [5.41, 5.74) is 1.44. The second-order valence-electron chi connectivity index (χ2n) is 7.94. The molecule has 0 saturated heterocycles. The molecule has 0 aromatic carbocycles. The first-order valence-electron chi connectivity index (χ1n) is 12.1. The van der Waals surface area contributed by atoms with Crippen molar-refractivity contribution in [3.05, 3.63) is 70.3 Å². The number of hydrogen-bond acceptors (Lipinski definition) is 8. The van der Waals surface area contributed by atoms with Gasteiger partial charge >= 0.3 is 13.6 Å². The molecule has 0 atom stereocenters. The summed E-state index contributed by atoms with van der Waals surface area (Å²) in [6, 6.07) is 1.24. The van der Waals surface area contributed by atoms with Crippen molar-refractivity contribution < 1.29 is 32.7 Å². The van der Waals surface area contributed by atoms with E-state index in [1.54, 1.807) is 39.0 Å². The SMILES string of the molecule is C=C/C(C(=O)CCC)=C(O)\C(=C\F)SN(CP(=O)(OCC)OCC)C(=O)NC1=C(/C)CCC=C(C#N)/C=C\1. The van der Waals surface area contributed by atoms with Crippen molar-refractivity contribution in [3.63, 3.8) is 0 Å². The number of carbonyl (C=O) groups is 2. The number of ketones is 1. The Bertz CT molecular complexity index is 1130. The molecule has 1 aliphatic rings. The number of allylic oxidation sites excluding steroid dienone is 7. The molecule has 12 heteroatoms. The van der Waals surface area contributed by atoms with Gasteiger partial charge in [-0.1, -0.05) is 25.7 Å². The lowest BCUT2D eigenvalue weighted by atomic mass is 10.0. The predicted octanol–water partition coefficient (Wildman–Crippen LogP) is 7.12. The highest BCUT2D eigenvalue weighted by Gasteiger charge is 2.33. The van der Waals surface area contributed by atoms with Crippen molar-refractivity contribution in [2.24, 2.45) is 0 Å². The molecule has 0 heterocycles. The van der Waals surface area contributed by atoms with Gasteiger partial charge < -0.3 is 19.5 Å². The van der Waals surface area contributed by atoms with E-state index in [0.29, 0.717) is 42.5 Å². The Morgan fingerprint density at radius 3 is 2.50 bits per heavy atom. The van der Waals surface area contributed by atoms with Crippen molar-refractivity contribution in [1.82, 2.24) is 9.62 Å². The number of carbonyl (C=O) groups excluding carboxylic acids is 2. The van der Waals surface area contributed by atoms with Crippen LogP contribution in [0.25, 0.3) is 0 Å². The fraction of sp³-hybridized carbons (Fsp3) is 0.423. The highest BCUT2D eigenvalue weighted by Crippen LogP contribution is 2.50. The molecule has 1 rings (SSSR count). The first-order valence-corrected chi connectivity index (χ1v) is 14.6. The van der Waals surface area contributed by atoms with Crippen LogP contribution in [0, 0.1) is 11.3 Å². The Morgan fingerprint density at radius 1 is 1.32 bits per heavy atom. The van der Waals surface area contributed by atoms with Crippen LogP contribution in [0.2, 0.25) is 0 Å². The Hall–Kier alpha value is -2.90. The largest absolute Gasteiger partial charge is 0.506 e. The second kappa shape index (κ2) is 16.8. The Labute approximate surface area is 228 Å². The van der Waals surface area contributed by atoms with E-state index in [9.17, 15) is 28.9 Å².